The maximum Gasteiger partial charge on any atom is 0.0495 e. The first-order valence-electron chi connectivity index (χ1n) is 18.9. The molecule has 1 nitrogen and oxygen atoms in total. The van der Waals surface area contributed by atoms with Crippen molar-refractivity contribution in [2.75, 3.05) is 4.90 Å². The predicted octanol–water partition coefficient (Wildman–Crippen LogP) is 15.2. The van der Waals surface area contributed by atoms with Crippen LogP contribution in [0.1, 0.15) is 5.56 Å². The molecule has 0 bridgehead atoms. The lowest BCUT2D eigenvalue weighted by atomic mass is 9.95. The highest BCUT2D eigenvalue weighted by Gasteiger charge is 2.18. The highest BCUT2D eigenvalue weighted by Crippen LogP contribution is 2.41. The van der Waals surface area contributed by atoms with E-state index < -0.39 is 0 Å². The van der Waals surface area contributed by atoms with E-state index in [2.05, 4.69) is 217 Å². The smallest absolute Gasteiger partial charge is 0.0495 e. The predicted molar refractivity (Wildman–Crippen MR) is 237 cm³/mol. The van der Waals surface area contributed by atoms with Crippen LogP contribution in [0.4, 0.5) is 11.4 Å². The summed E-state index contributed by atoms with van der Waals surface area (Å²) < 4.78 is 2.66. The summed E-state index contributed by atoms with van der Waals surface area (Å²) in [4.78, 5) is 2.51. The molecule has 0 amide bonds. The van der Waals surface area contributed by atoms with Crippen molar-refractivity contribution in [2.24, 2.45) is 0 Å². The molecular formula is C53H37NS. The van der Waals surface area contributed by atoms with Gasteiger partial charge in [-0.25, -0.2) is 0 Å². The first kappa shape index (κ1) is 32.9. The number of fused-ring (bicyclic) bond motifs is 4. The molecule has 55 heavy (non-hydrogen) atoms. The lowest BCUT2D eigenvalue weighted by Crippen LogP contribution is -2.17. The summed E-state index contributed by atoms with van der Waals surface area (Å²) in [6.07, 6.45) is 0. The Morgan fingerprint density at radius 3 is 1.65 bits per heavy atom. The summed E-state index contributed by atoms with van der Waals surface area (Å²) in [7, 11) is 0. The van der Waals surface area contributed by atoms with Gasteiger partial charge in [-0.3, -0.25) is 0 Å². The SMILES string of the molecule is c1ccc(-c2cc(-c3ccccc3)cc(N(Cc3cccc4c3sc3ccccc34)c3cccc(-c4cccc(-c5cccc6ccccc56)c4)c3)c2)cc1. The van der Waals surface area contributed by atoms with E-state index in [-0.39, 0.29) is 0 Å². The molecule has 9 aromatic carbocycles. The number of hydrogen-bond donors (Lipinski definition) is 0. The van der Waals surface area contributed by atoms with Crippen molar-refractivity contribution in [3.05, 3.63) is 218 Å². The van der Waals surface area contributed by atoms with E-state index in [0.717, 1.165) is 17.9 Å². The summed E-state index contributed by atoms with van der Waals surface area (Å²) >= 11 is 1.89. The van der Waals surface area contributed by atoms with Gasteiger partial charge < -0.3 is 4.90 Å². The fourth-order valence-corrected chi connectivity index (χ4v) is 9.20. The summed E-state index contributed by atoms with van der Waals surface area (Å²) in [5.74, 6) is 0. The van der Waals surface area contributed by atoms with Crippen molar-refractivity contribution < 1.29 is 0 Å². The van der Waals surface area contributed by atoms with Crippen molar-refractivity contribution in [3.8, 4) is 44.5 Å². The quantitative estimate of drug-likeness (QED) is 0.151. The molecule has 0 saturated carbocycles. The fourth-order valence-electron chi connectivity index (χ4n) is 7.99. The number of rotatable bonds is 8. The molecule has 0 fully saturated rings. The molecule has 0 N–H and O–H groups in total. The van der Waals surface area contributed by atoms with Gasteiger partial charge in [-0.1, -0.05) is 170 Å². The van der Waals surface area contributed by atoms with Crippen molar-refractivity contribution >= 4 is 53.7 Å². The second-order valence-corrected chi connectivity index (χ2v) is 15.2. The van der Waals surface area contributed by atoms with E-state index >= 15 is 0 Å². The normalized spacial score (nSPS) is 11.3. The molecule has 260 valence electrons. The van der Waals surface area contributed by atoms with Crippen LogP contribution in [0.25, 0.3) is 75.5 Å². The minimum absolute atomic E-state index is 0.718. The Bertz CT molecular complexity index is 2900. The average Bonchev–Trinajstić information content (AvgIpc) is 3.65. The Morgan fingerprint density at radius 2 is 0.873 bits per heavy atom. The van der Waals surface area contributed by atoms with Crippen LogP contribution in [0.2, 0.25) is 0 Å². The van der Waals surface area contributed by atoms with Gasteiger partial charge in [-0.2, -0.15) is 0 Å². The molecule has 0 saturated heterocycles. The summed E-state index contributed by atoms with van der Waals surface area (Å²) in [5.41, 5.74) is 13.3. The number of thiophene rings is 1. The first-order chi connectivity index (χ1) is 27.2. The molecule has 0 atom stereocenters. The zero-order valence-electron chi connectivity index (χ0n) is 30.3. The zero-order valence-corrected chi connectivity index (χ0v) is 31.1. The Hall–Kier alpha value is -6.74. The molecule has 0 spiro atoms. The molecule has 10 aromatic rings. The van der Waals surface area contributed by atoms with Gasteiger partial charge in [0.05, 0.1) is 0 Å². The van der Waals surface area contributed by atoms with Gasteiger partial charge in [0.25, 0.3) is 0 Å². The standard InChI is InChI=1S/C53H37NS/c1-3-15-37(16-4-1)44-32-45(38-17-5-2-6-18-38)35-47(34-44)54(36-43-24-14-29-51-50-27-9-10-30-52(50)55-53(43)51)46-25-12-22-41(33-46)40-21-11-23-42(31-40)49-28-13-20-39-19-7-8-26-48(39)49/h1-35H,36H2. The molecule has 0 aliphatic rings. The molecule has 1 heterocycles. The van der Waals surface area contributed by atoms with Crippen LogP contribution in [0.3, 0.4) is 0 Å². The van der Waals surface area contributed by atoms with E-state index in [1.54, 1.807) is 0 Å². The Morgan fingerprint density at radius 1 is 0.345 bits per heavy atom. The van der Waals surface area contributed by atoms with Crippen molar-refractivity contribution in [2.45, 2.75) is 6.54 Å². The van der Waals surface area contributed by atoms with Crippen LogP contribution in [0.15, 0.2) is 212 Å². The number of anilines is 2. The third-order valence-electron chi connectivity index (χ3n) is 10.7. The zero-order chi connectivity index (χ0) is 36.6. The van der Waals surface area contributed by atoms with E-state index in [4.69, 9.17) is 0 Å². The van der Waals surface area contributed by atoms with Gasteiger partial charge in [-0.15, -0.1) is 11.3 Å². The molecule has 0 unspecified atom stereocenters. The lowest BCUT2D eigenvalue weighted by Gasteiger charge is -2.27. The third kappa shape index (κ3) is 6.37. The molecule has 2 heteroatoms. The molecule has 0 aliphatic carbocycles. The van der Waals surface area contributed by atoms with Gasteiger partial charge in [0.2, 0.25) is 0 Å². The Kier molecular flexibility index (Phi) is 8.51. The second kappa shape index (κ2) is 14.2. The van der Waals surface area contributed by atoms with E-state index in [1.165, 1.54) is 81.0 Å². The maximum atomic E-state index is 2.51. The monoisotopic (exact) mass is 719 g/mol. The van der Waals surface area contributed by atoms with Crippen LogP contribution in [0, 0.1) is 0 Å². The summed E-state index contributed by atoms with van der Waals surface area (Å²) in [6, 6.07) is 77.5. The number of hydrogen-bond acceptors (Lipinski definition) is 2. The van der Waals surface area contributed by atoms with E-state index in [9.17, 15) is 0 Å². The Balaban J connectivity index is 1.14. The maximum absolute atomic E-state index is 2.51. The van der Waals surface area contributed by atoms with Gasteiger partial charge in [0, 0.05) is 38.1 Å². The van der Waals surface area contributed by atoms with E-state index in [0.29, 0.717) is 0 Å². The van der Waals surface area contributed by atoms with Crippen molar-refractivity contribution in [1.82, 2.24) is 0 Å². The highest BCUT2D eigenvalue weighted by molar-refractivity contribution is 7.26. The third-order valence-corrected chi connectivity index (χ3v) is 12.0. The molecule has 0 radical (unpaired) electrons. The van der Waals surface area contributed by atoms with Crippen LogP contribution in [-0.4, -0.2) is 0 Å². The summed E-state index contributed by atoms with van der Waals surface area (Å²) in [5, 5.41) is 5.16. The average molecular weight is 720 g/mol. The fraction of sp³-hybridized carbons (Fsp3) is 0.0189. The first-order valence-corrected chi connectivity index (χ1v) is 19.7. The highest BCUT2D eigenvalue weighted by atomic mass is 32.1. The van der Waals surface area contributed by atoms with Crippen molar-refractivity contribution in [3.63, 3.8) is 0 Å². The largest absolute Gasteiger partial charge is 0.337 e. The minimum Gasteiger partial charge on any atom is -0.337 e. The number of benzene rings is 9. The molecule has 10 rings (SSSR count). The molecule has 0 aliphatic heterocycles. The van der Waals surface area contributed by atoms with Gasteiger partial charge in [-0.05, 0) is 103 Å². The minimum atomic E-state index is 0.718. The number of nitrogens with zero attached hydrogens (tertiary/aromatic N) is 1. The van der Waals surface area contributed by atoms with Crippen LogP contribution < -0.4 is 4.90 Å². The van der Waals surface area contributed by atoms with Crippen LogP contribution in [-0.2, 0) is 6.54 Å². The van der Waals surface area contributed by atoms with Gasteiger partial charge in [0.15, 0.2) is 0 Å². The van der Waals surface area contributed by atoms with Gasteiger partial charge in [0.1, 0.15) is 0 Å². The topological polar surface area (TPSA) is 3.24 Å². The van der Waals surface area contributed by atoms with E-state index in [1.807, 2.05) is 11.3 Å². The van der Waals surface area contributed by atoms with Gasteiger partial charge >= 0.3 is 0 Å². The lowest BCUT2D eigenvalue weighted by molar-refractivity contribution is 0.987. The molecular weight excluding hydrogens is 683 g/mol. The second-order valence-electron chi connectivity index (χ2n) is 14.1. The molecule has 1 aromatic heterocycles. The van der Waals surface area contributed by atoms with Crippen molar-refractivity contribution in [1.29, 1.82) is 0 Å². The Labute approximate surface area is 326 Å². The summed E-state index contributed by atoms with van der Waals surface area (Å²) in [6.45, 7) is 0.718. The van der Waals surface area contributed by atoms with Crippen LogP contribution >= 0.6 is 11.3 Å². The van der Waals surface area contributed by atoms with Crippen LogP contribution in [0.5, 0.6) is 0 Å².